The largest absolute Gasteiger partial charge is 0.496 e. The third-order valence-electron chi connectivity index (χ3n) is 5.24. The van der Waals surface area contributed by atoms with Gasteiger partial charge in [0.05, 0.1) is 31.6 Å². The Labute approximate surface area is 173 Å². The molecule has 30 heavy (non-hydrogen) atoms. The van der Waals surface area contributed by atoms with Crippen LogP contribution in [-0.4, -0.2) is 32.9 Å². The number of pyridine rings is 1. The van der Waals surface area contributed by atoms with Crippen molar-refractivity contribution in [2.75, 3.05) is 7.11 Å². The Kier molecular flexibility index (Phi) is 4.35. The number of fused-ring (bicyclic) bond motifs is 2. The smallest absolute Gasteiger partial charge is 0.417 e. The molecule has 0 unspecified atom stereocenters. The van der Waals surface area contributed by atoms with Crippen molar-refractivity contribution < 1.29 is 14.3 Å². The van der Waals surface area contributed by atoms with E-state index in [-0.39, 0.29) is 0 Å². The van der Waals surface area contributed by atoms with E-state index in [1.807, 2.05) is 67.6 Å². The molecule has 0 atom stereocenters. The monoisotopic (exact) mass is 400 g/mol. The second-order valence-electron chi connectivity index (χ2n) is 7.19. The highest BCUT2D eigenvalue weighted by atomic mass is 16.6. The van der Waals surface area contributed by atoms with Gasteiger partial charge in [0.1, 0.15) is 5.75 Å². The topological polar surface area (TPSA) is 69.5 Å². The summed E-state index contributed by atoms with van der Waals surface area (Å²) in [4.78, 5) is 18.9. The molecule has 3 heterocycles. The summed E-state index contributed by atoms with van der Waals surface area (Å²) in [5.41, 5.74) is 4.22. The lowest BCUT2D eigenvalue weighted by molar-refractivity contribution is 0.132. The molecule has 0 fully saturated rings. The minimum Gasteiger partial charge on any atom is -0.496 e. The number of hydrogen-bond donors (Lipinski definition) is 0. The summed E-state index contributed by atoms with van der Waals surface area (Å²) in [6.07, 6.45) is -0.428. The Hall–Kier alpha value is -3.87. The van der Waals surface area contributed by atoms with Crippen LogP contribution in [0.25, 0.3) is 16.7 Å². The highest BCUT2D eigenvalue weighted by Gasteiger charge is 2.28. The highest BCUT2D eigenvalue weighted by molar-refractivity contribution is 5.83. The van der Waals surface area contributed by atoms with E-state index in [0.29, 0.717) is 24.6 Å². The minimum atomic E-state index is -0.428. The highest BCUT2D eigenvalue weighted by Crippen LogP contribution is 2.31. The number of hydrogen-bond acceptors (Lipinski definition) is 5. The number of benzene rings is 2. The molecule has 0 aliphatic carbocycles. The van der Waals surface area contributed by atoms with Crippen LogP contribution in [0.1, 0.15) is 16.8 Å². The van der Waals surface area contributed by atoms with Crippen LogP contribution in [0.5, 0.6) is 11.6 Å². The molecule has 0 bridgehead atoms. The lowest BCUT2D eigenvalue weighted by atomic mass is 10.1. The van der Waals surface area contributed by atoms with Gasteiger partial charge in [-0.2, -0.15) is 10.1 Å². The standard InChI is InChI=1S/C23H20N4O3/c1-15-19-12-17-14-26(13-16-8-6-7-11-20(16)29-2)23(28)30-22(17)24-21(19)27(25-15)18-9-4-3-5-10-18/h3-12H,13-14H2,1-2H3. The van der Waals surface area contributed by atoms with Crippen LogP contribution in [0.3, 0.4) is 0 Å². The number of para-hydroxylation sites is 2. The van der Waals surface area contributed by atoms with Crippen molar-refractivity contribution in [1.82, 2.24) is 19.7 Å². The van der Waals surface area contributed by atoms with E-state index in [0.717, 1.165) is 33.6 Å². The number of methoxy groups -OCH3 is 1. The zero-order valence-electron chi connectivity index (χ0n) is 16.7. The van der Waals surface area contributed by atoms with Gasteiger partial charge in [0.2, 0.25) is 5.88 Å². The summed E-state index contributed by atoms with van der Waals surface area (Å²) in [6.45, 7) is 2.75. The number of carbonyl (C=O) groups is 1. The molecular weight excluding hydrogens is 380 g/mol. The Balaban J connectivity index is 1.52. The molecule has 0 saturated carbocycles. The van der Waals surface area contributed by atoms with Crippen molar-refractivity contribution in [3.05, 3.63) is 77.5 Å². The molecule has 7 heteroatoms. The van der Waals surface area contributed by atoms with E-state index in [4.69, 9.17) is 9.47 Å². The predicted molar refractivity (Wildman–Crippen MR) is 112 cm³/mol. The zero-order chi connectivity index (χ0) is 20.7. The van der Waals surface area contributed by atoms with Crippen LogP contribution >= 0.6 is 0 Å². The van der Waals surface area contributed by atoms with Gasteiger partial charge in [-0.25, -0.2) is 9.48 Å². The van der Waals surface area contributed by atoms with Crippen molar-refractivity contribution in [3.8, 4) is 17.3 Å². The number of amides is 1. The van der Waals surface area contributed by atoms with E-state index in [9.17, 15) is 4.79 Å². The molecule has 1 aliphatic rings. The van der Waals surface area contributed by atoms with Crippen molar-refractivity contribution in [2.24, 2.45) is 0 Å². The van der Waals surface area contributed by atoms with E-state index in [1.54, 1.807) is 16.7 Å². The first-order valence-corrected chi connectivity index (χ1v) is 9.67. The van der Waals surface area contributed by atoms with Crippen LogP contribution in [0.15, 0.2) is 60.7 Å². The average Bonchev–Trinajstić information content (AvgIpc) is 3.09. The SMILES string of the molecule is COc1ccccc1CN1Cc2cc3c(C)nn(-c4ccccc4)c3nc2OC1=O. The molecule has 4 aromatic rings. The van der Waals surface area contributed by atoms with Gasteiger partial charge in [0.25, 0.3) is 0 Å². The number of aryl methyl sites for hydroxylation is 1. The fraction of sp³-hybridized carbons (Fsp3) is 0.174. The quantitative estimate of drug-likeness (QED) is 0.512. The van der Waals surface area contributed by atoms with Gasteiger partial charge >= 0.3 is 6.09 Å². The molecule has 2 aromatic carbocycles. The third kappa shape index (κ3) is 3.04. The van der Waals surface area contributed by atoms with Crippen LogP contribution in [0, 0.1) is 6.92 Å². The molecule has 0 radical (unpaired) electrons. The molecular formula is C23H20N4O3. The summed E-state index contributed by atoms with van der Waals surface area (Å²) < 4.78 is 12.8. The number of ether oxygens (including phenoxy) is 2. The fourth-order valence-corrected chi connectivity index (χ4v) is 3.74. The van der Waals surface area contributed by atoms with Gasteiger partial charge in [-0.15, -0.1) is 0 Å². The van der Waals surface area contributed by atoms with Gasteiger partial charge < -0.3 is 9.47 Å². The molecule has 0 saturated heterocycles. The first-order chi connectivity index (χ1) is 14.6. The summed E-state index contributed by atoms with van der Waals surface area (Å²) in [5.74, 6) is 1.07. The summed E-state index contributed by atoms with van der Waals surface area (Å²) in [7, 11) is 1.62. The van der Waals surface area contributed by atoms with Gasteiger partial charge in [-0.05, 0) is 31.2 Å². The number of carbonyl (C=O) groups excluding carboxylic acids is 1. The maximum atomic E-state index is 12.7. The molecule has 150 valence electrons. The number of nitrogens with zero attached hydrogens (tertiary/aromatic N) is 4. The van der Waals surface area contributed by atoms with E-state index in [1.165, 1.54) is 0 Å². The molecule has 0 N–H and O–H groups in total. The van der Waals surface area contributed by atoms with Crippen LogP contribution < -0.4 is 9.47 Å². The average molecular weight is 400 g/mol. The van der Waals surface area contributed by atoms with Gasteiger partial charge in [-0.3, -0.25) is 4.90 Å². The van der Waals surface area contributed by atoms with E-state index >= 15 is 0 Å². The Morgan fingerprint density at radius 3 is 2.67 bits per heavy atom. The fourth-order valence-electron chi connectivity index (χ4n) is 3.74. The van der Waals surface area contributed by atoms with Crippen molar-refractivity contribution >= 4 is 17.1 Å². The Morgan fingerprint density at radius 2 is 1.87 bits per heavy atom. The number of aromatic nitrogens is 3. The molecule has 5 rings (SSSR count). The second kappa shape index (κ2) is 7.18. The van der Waals surface area contributed by atoms with Crippen LogP contribution in [-0.2, 0) is 13.1 Å². The van der Waals surface area contributed by atoms with Crippen molar-refractivity contribution in [2.45, 2.75) is 20.0 Å². The van der Waals surface area contributed by atoms with Gasteiger partial charge in [-0.1, -0.05) is 36.4 Å². The zero-order valence-corrected chi connectivity index (χ0v) is 16.7. The van der Waals surface area contributed by atoms with E-state index in [2.05, 4.69) is 10.1 Å². The summed E-state index contributed by atoms with van der Waals surface area (Å²) in [5, 5.41) is 5.58. The van der Waals surface area contributed by atoms with Gasteiger partial charge in [0, 0.05) is 16.5 Å². The minimum absolute atomic E-state index is 0.334. The maximum Gasteiger partial charge on any atom is 0.417 e. The van der Waals surface area contributed by atoms with Crippen molar-refractivity contribution in [1.29, 1.82) is 0 Å². The van der Waals surface area contributed by atoms with Crippen molar-refractivity contribution in [3.63, 3.8) is 0 Å². The lowest BCUT2D eigenvalue weighted by Gasteiger charge is -2.27. The Morgan fingerprint density at radius 1 is 1.10 bits per heavy atom. The maximum absolute atomic E-state index is 12.7. The first-order valence-electron chi connectivity index (χ1n) is 9.67. The second-order valence-corrected chi connectivity index (χ2v) is 7.19. The molecule has 1 amide bonds. The first kappa shape index (κ1) is 18.2. The molecule has 7 nitrogen and oxygen atoms in total. The van der Waals surface area contributed by atoms with Crippen LogP contribution in [0.4, 0.5) is 4.79 Å². The predicted octanol–water partition coefficient (Wildman–Crippen LogP) is 4.25. The van der Waals surface area contributed by atoms with Crippen LogP contribution in [0.2, 0.25) is 0 Å². The molecule has 1 aliphatic heterocycles. The third-order valence-corrected chi connectivity index (χ3v) is 5.24. The molecule has 2 aromatic heterocycles. The number of rotatable bonds is 4. The normalized spacial score (nSPS) is 13.3. The Bertz CT molecular complexity index is 1250. The van der Waals surface area contributed by atoms with E-state index < -0.39 is 6.09 Å². The summed E-state index contributed by atoms with van der Waals surface area (Å²) >= 11 is 0. The lowest BCUT2D eigenvalue weighted by Crippen LogP contribution is -2.37. The molecule has 0 spiro atoms. The summed E-state index contributed by atoms with van der Waals surface area (Å²) in [6, 6.07) is 19.5. The van der Waals surface area contributed by atoms with Gasteiger partial charge in [0.15, 0.2) is 5.65 Å².